The molecule has 1 aromatic heterocycles. The lowest BCUT2D eigenvalue weighted by atomic mass is 10.1. The molecule has 164 valence electrons. The summed E-state index contributed by atoms with van der Waals surface area (Å²) in [7, 11) is 0. The standard InChI is InChI=1S/C28H25N3O2/c32-27(30-20-25-15-7-8-17-29-25)19-23-12-9-16-26(18-23)31(21-22-10-3-1-4-11-22)28(33)24-13-5-2-6-14-24/h1-18H,19-21H2,(H,30,32). The lowest BCUT2D eigenvalue weighted by Gasteiger charge is -2.24. The predicted octanol–water partition coefficient (Wildman–Crippen LogP) is 4.79. The van der Waals surface area contributed by atoms with E-state index in [1.54, 1.807) is 11.1 Å². The minimum atomic E-state index is -0.0956. The number of pyridine rings is 1. The third kappa shape index (κ3) is 6.14. The van der Waals surface area contributed by atoms with E-state index in [9.17, 15) is 9.59 Å². The van der Waals surface area contributed by atoms with Crippen molar-refractivity contribution in [2.75, 3.05) is 4.90 Å². The molecule has 0 aliphatic heterocycles. The van der Waals surface area contributed by atoms with Gasteiger partial charge < -0.3 is 10.2 Å². The van der Waals surface area contributed by atoms with Gasteiger partial charge in [-0.25, -0.2) is 0 Å². The Morgan fingerprint density at radius 1 is 0.758 bits per heavy atom. The minimum absolute atomic E-state index is 0.0868. The number of rotatable bonds is 8. The van der Waals surface area contributed by atoms with E-state index < -0.39 is 0 Å². The summed E-state index contributed by atoms with van der Waals surface area (Å²) in [4.78, 5) is 31.9. The molecule has 0 bridgehead atoms. The van der Waals surface area contributed by atoms with Crippen molar-refractivity contribution in [3.8, 4) is 0 Å². The minimum Gasteiger partial charge on any atom is -0.350 e. The van der Waals surface area contributed by atoms with Crippen LogP contribution >= 0.6 is 0 Å². The summed E-state index contributed by atoms with van der Waals surface area (Å²) >= 11 is 0. The van der Waals surface area contributed by atoms with Gasteiger partial charge >= 0.3 is 0 Å². The summed E-state index contributed by atoms with van der Waals surface area (Å²) in [6.07, 6.45) is 1.93. The molecule has 1 heterocycles. The van der Waals surface area contributed by atoms with Gasteiger partial charge in [0.1, 0.15) is 0 Å². The van der Waals surface area contributed by atoms with Gasteiger partial charge in [-0.15, -0.1) is 0 Å². The molecule has 4 rings (SSSR count). The van der Waals surface area contributed by atoms with Crippen molar-refractivity contribution < 1.29 is 9.59 Å². The molecule has 0 fully saturated rings. The van der Waals surface area contributed by atoms with Crippen LogP contribution in [0.2, 0.25) is 0 Å². The smallest absolute Gasteiger partial charge is 0.258 e. The number of hydrogen-bond donors (Lipinski definition) is 1. The molecule has 0 aliphatic carbocycles. The molecule has 0 unspecified atom stereocenters. The third-order valence-corrected chi connectivity index (χ3v) is 5.23. The average Bonchev–Trinajstić information content (AvgIpc) is 2.87. The fourth-order valence-corrected chi connectivity index (χ4v) is 3.56. The maximum Gasteiger partial charge on any atom is 0.258 e. The van der Waals surface area contributed by atoms with E-state index in [0.29, 0.717) is 18.7 Å². The second-order valence-electron chi connectivity index (χ2n) is 7.69. The number of nitrogens with zero attached hydrogens (tertiary/aromatic N) is 2. The summed E-state index contributed by atoms with van der Waals surface area (Å²) in [6, 6.07) is 32.3. The summed E-state index contributed by atoms with van der Waals surface area (Å²) < 4.78 is 0. The number of aromatic nitrogens is 1. The first-order valence-corrected chi connectivity index (χ1v) is 10.9. The van der Waals surface area contributed by atoms with Gasteiger partial charge in [0, 0.05) is 17.4 Å². The maximum atomic E-state index is 13.4. The van der Waals surface area contributed by atoms with Crippen molar-refractivity contribution in [1.29, 1.82) is 0 Å². The van der Waals surface area contributed by atoms with E-state index in [4.69, 9.17) is 0 Å². The zero-order valence-corrected chi connectivity index (χ0v) is 18.2. The van der Waals surface area contributed by atoms with E-state index in [2.05, 4.69) is 10.3 Å². The van der Waals surface area contributed by atoms with Gasteiger partial charge in [-0.1, -0.05) is 66.7 Å². The van der Waals surface area contributed by atoms with Crippen molar-refractivity contribution in [3.63, 3.8) is 0 Å². The lowest BCUT2D eigenvalue weighted by Crippen LogP contribution is -2.30. The van der Waals surface area contributed by atoms with Crippen molar-refractivity contribution in [1.82, 2.24) is 10.3 Å². The Morgan fingerprint density at radius 3 is 2.18 bits per heavy atom. The zero-order valence-electron chi connectivity index (χ0n) is 18.2. The normalized spacial score (nSPS) is 10.4. The molecule has 1 N–H and O–H groups in total. The number of carbonyl (C=O) groups excluding carboxylic acids is 2. The first kappa shape index (κ1) is 22.0. The Balaban J connectivity index is 1.52. The monoisotopic (exact) mass is 435 g/mol. The van der Waals surface area contributed by atoms with Crippen LogP contribution in [0.15, 0.2) is 109 Å². The molecular formula is C28H25N3O2. The predicted molar refractivity (Wildman–Crippen MR) is 130 cm³/mol. The number of amides is 2. The Morgan fingerprint density at radius 2 is 1.45 bits per heavy atom. The van der Waals surface area contributed by atoms with Gasteiger partial charge in [-0.2, -0.15) is 0 Å². The van der Waals surface area contributed by atoms with Crippen LogP contribution < -0.4 is 10.2 Å². The molecule has 5 nitrogen and oxygen atoms in total. The molecule has 4 aromatic rings. The Labute approximate surface area is 193 Å². The number of hydrogen-bond acceptors (Lipinski definition) is 3. The van der Waals surface area contributed by atoms with Crippen LogP contribution in [0, 0.1) is 0 Å². The number of carbonyl (C=O) groups is 2. The van der Waals surface area contributed by atoms with Gasteiger partial charge in [-0.05, 0) is 47.5 Å². The molecule has 0 saturated heterocycles. The van der Waals surface area contributed by atoms with Crippen LogP contribution in [0.1, 0.15) is 27.2 Å². The summed E-state index contributed by atoms with van der Waals surface area (Å²) in [5.41, 5.74) is 4.04. The van der Waals surface area contributed by atoms with Gasteiger partial charge in [0.25, 0.3) is 5.91 Å². The van der Waals surface area contributed by atoms with Crippen molar-refractivity contribution in [3.05, 3.63) is 132 Å². The summed E-state index contributed by atoms with van der Waals surface area (Å²) in [6.45, 7) is 0.815. The van der Waals surface area contributed by atoms with Gasteiger partial charge in [0.2, 0.25) is 5.91 Å². The number of benzene rings is 3. The molecule has 3 aromatic carbocycles. The Kier molecular flexibility index (Phi) is 7.23. The molecule has 0 atom stereocenters. The topological polar surface area (TPSA) is 62.3 Å². The first-order chi connectivity index (χ1) is 16.2. The summed E-state index contributed by atoms with van der Waals surface area (Å²) in [5.74, 6) is -0.182. The van der Waals surface area contributed by atoms with Crippen molar-refractivity contribution in [2.45, 2.75) is 19.5 Å². The molecule has 33 heavy (non-hydrogen) atoms. The number of anilines is 1. The van der Waals surface area contributed by atoms with Crippen molar-refractivity contribution >= 4 is 17.5 Å². The lowest BCUT2D eigenvalue weighted by molar-refractivity contribution is -0.120. The largest absolute Gasteiger partial charge is 0.350 e. The van der Waals surface area contributed by atoms with Gasteiger partial charge in [-0.3, -0.25) is 14.6 Å². The van der Waals surface area contributed by atoms with E-state index in [1.165, 1.54) is 0 Å². The fraction of sp³-hybridized carbons (Fsp3) is 0.107. The highest BCUT2D eigenvalue weighted by Gasteiger charge is 2.19. The highest BCUT2D eigenvalue weighted by molar-refractivity contribution is 6.06. The molecule has 0 saturated carbocycles. The maximum absolute atomic E-state index is 13.4. The van der Waals surface area contributed by atoms with E-state index in [1.807, 2.05) is 103 Å². The van der Waals surface area contributed by atoms with Crippen molar-refractivity contribution in [2.24, 2.45) is 0 Å². The summed E-state index contributed by atoms with van der Waals surface area (Å²) in [5, 5.41) is 2.90. The molecule has 0 aliphatic rings. The quantitative estimate of drug-likeness (QED) is 0.433. The van der Waals surface area contributed by atoms with Crippen LogP contribution in [0.25, 0.3) is 0 Å². The number of nitrogens with one attached hydrogen (secondary N) is 1. The van der Waals surface area contributed by atoms with Crippen LogP contribution in [0.3, 0.4) is 0 Å². The highest BCUT2D eigenvalue weighted by atomic mass is 16.2. The molecule has 0 radical (unpaired) electrons. The average molecular weight is 436 g/mol. The first-order valence-electron chi connectivity index (χ1n) is 10.9. The van der Waals surface area contributed by atoms with Crippen LogP contribution in [-0.4, -0.2) is 16.8 Å². The molecule has 2 amide bonds. The van der Waals surface area contributed by atoms with E-state index in [0.717, 1.165) is 22.5 Å². The van der Waals surface area contributed by atoms with Crippen LogP contribution in [-0.2, 0) is 24.3 Å². The van der Waals surface area contributed by atoms with Gasteiger partial charge in [0.15, 0.2) is 0 Å². The molecular weight excluding hydrogens is 410 g/mol. The molecule has 0 spiro atoms. The van der Waals surface area contributed by atoms with E-state index in [-0.39, 0.29) is 18.2 Å². The van der Waals surface area contributed by atoms with Crippen LogP contribution in [0.4, 0.5) is 5.69 Å². The van der Waals surface area contributed by atoms with Gasteiger partial charge in [0.05, 0.1) is 25.2 Å². The SMILES string of the molecule is O=C(Cc1cccc(N(Cc2ccccc2)C(=O)c2ccccc2)c1)NCc1ccccn1. The zero-order chi connectivity index (χ0) is 22.9. The second kappa shape index (κ2) is 10.9. The Bertz CT molecular complexity index is 1200. The van der Waals surface area contributed by atoms with Crippen LogP contribution in [0.5, 0.6) is 0 Å². The third-order valence-electron chi connectivity index (χ3n) is 5.23. The van der Waals surface area contributed by atoms with E-state index >= 15 is 0 Å². The second-order valence-corrected chi connectivity index (χ2v) is 7.69. The Hall–Kier alpha value is -4.25. The molecule has 5 heteroatoms. The highest BCUT2D eigenvalue weighted by Crippen LogP contribution is 2.22. The fourth-order valence-electron chi connectivity index (χ4n) is 3.56.